The van der Waals surface area contributed by atoms with Gasteiger partial charge in [0.2, 0.25) is 5.91 Å². The van der Waals surface area contributed by atoms with Gasteiger partial charge in [-0.1, -0.05) is 12.1 Å². The van der Waals surface area contributed by atoms with Gasteiger partial charge in [0.25, 0.3) is 0 Å². The minimum Gasteiger partial charge on any atom is -0.395 e. The fourth-order valence-electron chi connectivity index (χ4n) is 6.52. The molecule has 0 radical (unpaired) electrons. The van der Waals surface area contributed by atoms with Crippen molar-refractivity contribution < 1.29 is 19.4 Å². The molecule has 0 aliphatic heterocycles. The van der Waals surface area contributed by atoms with Crippen LogP contribution in [0, 0.1) is 23.6 Å². The molecule has 1 aromatic rings. The molecule has 0 atom stereocenters. The molecule has 1 amide bonds. The lowest BCUT2D eigenvalue weighted by Crippen LogP contribution is -2.62. The monoisotopic (exact) mass is 404 g/mol. The molecule has 4 fully saturated rings. The van der Waals surface area contributed by atoms with Gasteiger partial charge < -0.3 is 15.1 Å². The van der Waals surface area contributed by atoms with Crippen LogP contribution in [-0.4, -0.2) is 64.3 Å². The number of benzene rings is 1. The van der Waals surface area contributed by atoms with Gasteiger partial charge in [0.15, 0.2) is 0 Å². The van der Waals surface area contributed by atoms with Crippen LogP contribution < -0.4 is 0 Å². The van der Waals surface area contributed by atoms with E-state index in [1.165, 1.54) is 31.4 Å². The summed E-state index contributed by atoms with van der Waals surface area (Å²) in [7, 11) is 0. The lowest BCUT2D eigenvalue weighted by atomic mass is 9.52. The topological polar surface area (TPSA) is 64.0 Å². The Hall–Kier alpha value is -1.50. The number of nitrogens with zero attached hydrogens (tertiary/aromatic N) is 2. The molecule has 5 nitrogen and oxygen atoms in total. The quantitative estimate of drug-likeness (QED) is 0.664. The highest BCUT2D eigenvalue weighted by atomic mass is 19.1. The van der Waals surface area contributed by atoms with Crippen LogP contribution in [0.4, 0.5) is 4.39 Å². The number of aliphatic hydroxyl groups excluding tert-OH is 2. The standard InChI is InChI=1S/C23H33FN2O3/c24-21-3-1-17(2-4-21)15-26(22(29)16-25(5-7-27)6-8-28)23-12-18-9-19(13-23)11-20(10-18)14-23/h1-4,18-20,27-28H,5-16H2. The second-order valence-corrected chi connectivity index (χ2v) is 9.47. The van der Waals surface area contributed by atoms with Crippen molar-refractivity contribution in [3.05, 3.63) is 35.6 Å². The van der Waals surface area contributed by atoms with E-state index in [9.17, 15) is 19.4 Å². The van der Waals surface area contributed by atoms with Crippen LogP contribution in [0.5, 0.6) is 0 Å². The van der Waals surface area contributed by atoms with Gasteiger partial charge in [-0.15, -0.1) is 0 Å². The molecular weight excluding hydrogens is 371 g/mol. The molecular formula is C23H33FN2O3. The van der Waals surface area contributed by atoms with Crippen molar-refractivity contribution in [2.24, 2.45) is 17.8 Å². The SMILES string of the molecule is O=C(CN(CCO)CCO)N(Cc1ccc(F)cc1)C12CC3CC(CC(C3)C1)C2. The van der Waals surface area contributed by atoms with Crippen molar-refractivity contribution in [3.63, 3.8) is 0 Å². The Kier molecular flexibility index (Phi) is 6.23. The van der Waals surface area contributed by atoms with E-state index in [0.717, 1.165) is 42.6 Å². The summed E-state index contributed by atoms with van der Waals surface area (Å²) >= 11 is 0. The summed E-state index contributed by atoms with van der Waals surface area (Å²) in [6.07, 6.45) is 7.14. The highest BCUT2D eigenvalue weighted by Gasteiger charge is 2.54. The zero-order chi connectivity index (χ0) is 20.4. The Morgan fingerprint density at radius 3 is 1.97 bits per heavy atom. The predicted molar refractivity (Wildman–Crippen MR) is 108 cm³/mol. The molecule has 0 heterocycles. The second-order valence-electron chi connectivity index (χ2n) is 9.47. The Bertz CT molecular complexity index is 667. The Labute approximate surface area is 172 Å². The maximum atomic E-state index is 13.5. The van der Waals surface area contributed by atoms with E-state index < -0.39 is 0 Å². The smallest absolute Gasteiger partial charge is 0.237 e. The largest absolute Gasteiger partial charge is 0.395 e. The Morgan fingerprint density at radius 1 is 0.966 bits per heavy atom. The van der Waals surface area contributed by atoms with E-state index in [4.69, 9.17) is 0 Å². The zero-order valence-corrected chi connectivity index (χ0v) is 17.1. The van der Waals surface area contributed by atoms with Gasteiger partial charge >= 0.3 is 0 Å². The second kappa shape index (κ2) is 8.70. The van der Waals surface area contributed by atoms with Gasteiger partial charge in [-0.3, -0.25) is 9.69 Å². The molecule has 2 N–H and O–H groups in total. The van der Waals surface area contributed by atoms with E-state index in [2.05, 4.69) is 4.90 Å². The molecule has 0 spiro atoms. The normalized spacial score (nSPS) is 30.1. The number of carbonyl (C=O) groups excluding carboxylic acids is 1. The summed E-state index contributed by atoms with van der Waals surface area (Å²) in [5, 5.41) is 18.6. The van der Waals surface area contributed by atoms with Crippen molar-refractivity contribution in [2.75, 3.05) is 32.8 Å². The third kappa shape index (κ3) is 4.49. The van der Waals surface area contributed by atoms with Crippen molar-refractivity contribution in [1.29, 1.82) is 0 Å². The summed E-state index contributed by atoms with van der Waals surface area (Å²) in [6.45, 7) is 1.36. The first-order valence-corrected chi connectivity index (χ1v) is 11.0. The number of carbonyl (C=O) groups is 1. The van der Waals surface area contributed by atoms with Crippen molar-refractivity contribution in [2.45, 2.75) is 50.6 Å². The molecule has 1 aromatic carbocycles. The van der Waals surface area contributed by atoms with Crippen LogP contribution >= 0.6 is 0 Å². The van der Waals surface area contributed by atoms with Crippen LogP contribution in [0.3, 0.4) is 0 Å². The lowest BCUT2D eigenvalue weighted by molar-refractivity contribution is -0.153. The van der Waals surface area contributed by atoms with Crippen LogP contribution in [0.25, 0.3) is 0 Å². The average Bonchev–Trinajstić information content (AvgIpc) is 2.66. The minimum atomic E-state index is -0.265. The number of hydrogen-bond donors (Lipinski definition) is 2. The molecule has 0 saturated heterocycles. The van der Waals surface area contributed by atoms with Crippen LogP contribution in [-0.2, 0) is 11.3 Å². The molecule has 5 rings (SSSR count). The van der Waals surface area contributed by atoms with E-state index in [1.54, 1.807) is 12.1 Å². The molecule has 4 aliphatic carbocycles. The van der Waals surface area contributed by atoms with E-state index in [-0.39, 0.29) is 37.0 Å². The molecule has 4 aliphatic rings. The van der Waals surface area contributed by atoms with Gasteiger partial charge in [0, 0.05) is 25.2 Å². The number of hydrogen-bond acceptors (Lipinski definition) is 4. The molecule has 160 valence electrons. The van der Waals surface area contributed by atoms with E-state index in [0.29, 0.717) is 19.6 Å². The highest BCUT2D eigenvalue weighted by Crippen LogP contribution is 2.58. The summed E-state index contributed by atoms with van der Waals surface area (Å²) in [5.41, 5.74) is 0.857. The summed E-state index contributed by atoms with van der Waals surface area (Å²) < 4.78 is 13.4. The number of halogens is 1. The Balaban J connectivity index is 1.58. The fourth-order valence-corrected chi connectivity index (χ4v) is 6.52. The molecule has 4 bridgehead atoms. The van der Waals surface area contributed by atoms with Crippen molar-refractivity contribution >= 4 is 5.91 Å². The summed E-state index contributed by atoms with van der Waals surface area (Å²) in [6, 6.07) is 6.47. The summed E-state index contributed by atoms with van der Waals surface area (Å²) in [4.78, 5) is 17.4. The molecule has 4 saturated carbocycles. The zero-order valence-electron chi connectivity index (χ0n) is 17.1. The van der Waals surface area contributed by atoms with Gasteiger partial charge in [0.1, 0.15) is 5.82 Å². The first-order chi connectivity index (χ1) is 14.0. The number of rotatable bonds is 9. The molecule has 6 heteroatoms. The predicted octanol–water partition coefficient (Wildman–Crippen LogP) is 2.41. The van der Waals surface area contributed by atoms with Gasteiger partial charge in [-0.2, -0.15) is 0 Å². The van der Waals surface area contributed by atoms with Gasteiger partial charge in [0.05, 0.1) is 19.8 Å². The van der Waals surface area contributed by atoms with Gasteiger partial charge in [-0.05, 0) is 74.0 Å². The minimum absolute atomic E-state index is 0.0391. The third-order valence-corrected chi connectivity index (χ3v) is 7.32. The Morgan fingerprint density at radius 2 is 1.48 bits per heavy atom. The number of amides is 1. The maximum Gasteiger partial charge on any atom is 0.237 e. The lowest BCUT2D eigenvalue weighted by Gasteiger charge is -2.60. The highest BCUT2D eigenvalue weighted by molar-refractivity contribution is 5.79. The number of aliphatic hydroxyl groups is 2. The van der Waals surface area contributed by atoms with Crippen LogP contribution in [0.15, 0.2) is 24.3 Å². The first-order valence-electron chi connectivity index (χ1n) is 11.0. The van der Waals surface area contributed by atoms with Crippen LogP contribution in [0.1, 0.15) is 44.1 Å². The molecule has 29 heavy (non-hydrogen) atoms. The van der Waals surface area contributed by atoms with Gasteiger partial charge in [-0.25, -0.2) is 4.39 Å². The maximum absolute atomic E-state index is 13.5. The van der Waals surface area contributed by atoms with E-state index in [1.807, 2.05) is 4.90 Å². The van der Waals surface area contributed by atoms with E-state index >= 15 is 0 Å². The van der Waals surface area contributed by atoms with Crippen LogP contribution in [0.2, 0.25) is 0 Å². The third-order valence-electron chi connectivity index (χ3n) is 7.32. The molecule has 0 unspecified atom stereocenters. The molecule has 0 aromatic heterocycles. The average molecular weight is 405 g/mol. The van der Waals surface area contributed by atoms with Crippen molar-refractivity contribution in [1.82, 2.24) is 9.80 Å². The first kappa shape index (κ1) is 20.8. The fraction of sp³-hybridized carbons (Fsp3) is 0.696. The van der Waals surface area contributed by atoms with Crippen molar-refractivity contribution in [3.8, 4) is 0 Å². The summed E-state index contributed by atoms with van der Waals surface area (Å²) in [5.74, 6) is 1.94.